The van der Waals surface area contributed by atoms with E-state index in [2.05, 4.69) is 4.74 Å². The summed E-state index contributed by atoms with van der Waals surface area (Å²) in [5, 5.41) is 0. The third-order valence-electron chi connectivity index (χ3n) is 0.626. The van der Waals surface area contributed by atoms with Crippen LogP contribution >= 0.6 is 11.6 Å². The molecule has 0 aromatic carbocycles. The molecule has 0 fully saturated rings. The summed E-state index contributed by atoms with van der Waals surface area (Å²) in [6.45, 7) is 3.56. The van der Waals surface area contributed by atoms with Crippen molar-refractivity contribution in [1.82, 2.24) is 0 Å². The third-order valence-corrected chi connectivity index (χ3v) is 0.729. The van der Waals surface area contributed by atoms with Crippen LogP contribution in [0.25, 0.3) is 0 Å². The molecule has 0 aliphatic heterocycles. The highest BCUT2D eigenvalue weighted by Crippen LogP contribution is 2.01. The zero-order chi connectivity index (χ0) is 7.28. The number of ether oxygens (including phenoxy) is 2. The van der Waals surface area contributed by atoms with Crippen molar-refractivity contribution in [3.05, 3.63) is 0 Å². The molecule has 2 atom stereocenters. The molecule has 0 aromatic rings. The first-order chi connectivity index (χ1) is 4.16. The van der Waals surface area contributed by atoms with Gasteiger partial charge in [-0.1, -0.05) is 11.6 Å². The van der Waals surface area contributed by atoms with Crippen LogP contribution in [-0.2, 0) is 14.3 Å². The molecule has 0 spiro atoms. The van der Waals surface area contributed by atoms with E-state index in [-0.39, 0.29) is 0 Å². The van der Waals surface area contributed by atoms with Gasteiger partial charge < -0.3 is 9.47 Å². The molecule has 54 valence electrons. The van der Waals surface area contributed by atoms with Gasteiger partial charge in [0.15, 0.2) is 0 Å². The molecule has 0 bridgehead atoms. The maximum absolute atomic E-state index is 9.65. The number of alkyl halides is 1. The summed E-state index contributed by atoms with van der Waals surface area (Å²) >= 11 is 5.39. The van der Waals surface area contributed by atoms with Crippen LogP contribution < -0.4 is 0 Å². The predicted molar refractivity (Wildman–Crippen MR) is 33.0 cm³/mol. The Balaban J connectivity index is 3.25. The van der Waals surface area contributed by atoms with E-state index in [4.69, 9.17) is 16.3 Å². The Labute approximate surface area is 58.9 Å². The second-order valence-corrected chi connectivity index (χ2v) is 2.09. The fraction of sp³-hybridized carbons (Fsp3) is 0.800. The fourth-order valence-electron chi connectivity index (χ4n) is 0.374. The predicted octanol–water partition coefficient (Wildman–Crippen LogP) is 1.11. The highest BCUT2D eigenvalue weighted by molar-refractivity contribution is 6.19. The second kappa shape index (κ2) is 4.58. The molecule has 0 aliphatic rings. The molecular formula is C5H9ClO3. The minimum absolute atomic E-state index is 0.323. The molecule has 0 saturated heterocycles. The maximum Gasteiger partial charge on any atom is 0.295 e. The van der Waals surface area contributed by atoms with E-state index in [1.807, 2.05) is 0 Å². The first-order valence-electron chi connectivity index (χ1n) is 2.55. The number of hydrogen-bond acceptors (Lipinski definition) is 3. The van der Waals surface area contributed by atoms with Crippen LogP contribution in [0.15, 0.2) is 0 Å². The normalized spacial score (nSPS) is 16.3. The molecular weight excluding hydrogens is 144 g/mol. The van der Waals surface area contributed by atoms with Gasteiger partial charge in [-0.3, -0.25) is 4.79 Å². The van der Waals surface area contributed by atoms with Gasteiger partial charge in [-0.15, -0.1) is 0 Å². The Bertz CT molecular complexity index is 84.3. The Morgan fingerprint density at radius 2 is 2.11 bits per heavy atom. The molecule has 3 nitrogen and oxygen atoms in total. The van der Waals surface area contributed by atoms with Gasteiger partial charge in [-0.25, -0.2) is 0 Å². The van der Waals surface area contributed by atoms with E-state index in [0.29, 0.717) is 6.47 Å². The van der Waals surface area contributed by atoms with E-state index < -0.39 is 11.9 Å². The number of carbonyl (C=O) groups excluding carboxylic acids is 1. The minimum atomic E-state index is -0.560. The quantitative estimate of drug-likeness (QED) is 0.344. The van der Waals surface area contributed by atoms with Gasteiger partial charge in [-0.2, -0.15) is 0 Å². The van der Waals surface area contributed by atoms with Gasteiger partial charge in [0.2, 0.25) is 6.29 Å². The Hall–Kier alpha value is -0.280. The van der Waals surface area contributed by atoms with Crippen molar-refractivity contribution in [2.45, 2.75) is 25.7 Å². The molecule has 0 N–H and O–H groups in total. The van der Waals surface area contributed by atoms with Crippen LogP contribution in [-0.4, -0.2) is 18.3 Å². The van der Waals surface area contributed by atoms with Crippen molar-refractivity contribution in [3.8, 4) is 0 Å². The van der Waals surface area contributed by atoms with Gasteiger partial charge in [-0.05, 0) is 13.8 Å². The Morgan fingerprint density at radius 3 is 2.44 bits per heavy atom. The van der Waals surface area contributed by atoms with Crippen LogP contribution in [0.4, 0.5) is 0 Å². The smallest absolute Gasteiger partial charge is 0.295 e. The lowest BCUT2D eigenvalue weighted by Gasteiger charge is -2.11. The molecule has 0 aliphatic carbocycles. The van der Waals surface area contributed by atoms with Crippen molar-refractivity contribution in [2.24, 2.45) is 0 Å². The van der Waals surface area contributed by atoms with Crippen LogP contribution in [0.3, 0.4) is 0 Å². The van der Waals surface area contributed by atoms with Crippen LogP contribution in [0.1, 0.15) is 13.8 Å². The second-order valence-electron chi connectivity index (χ2n) is 1.48. The number of halogens is 1. The molecule has 0 saturated carbocycles. The van der Waals surface area contributed by atoms with E-state index in [1.54, 1.807) is 13.8 Å². The van der Waals surface area contributed by atoms with Crippen molar-refractivity contribution >= 4 is 18.1 Å². The summed E-state index contributed by atoms with van der Waals surface area (Å²) in [5.41, 5.74) is -0.431. The molecule has 0 rings (SSSR count). The topological polar surface area (TPSA) is 35.5 Å². The summed E-state index contributed by atoms with van der Waals surface area (Å²) in [6, 6.07) is 0. The van der Waals surface area contributed by atoms with E-state index >= 15 is 0 Å². The third kappa shape index (κ3) is 5.59. The molecule has 4 heteroatoms. The van der Waals surface area contributed by atoms with E-state index in [9.17, 15) is 4.79 Å². The van der Waals surface area contributed by atoms with Crippen molar-refractivity contribution in [3.63, 3.8) is 0 Å². The van der Waals surface area contributed by atoms with Crippen LogP contribution in [0, 0.1) is 0 Å². The van der Waals surface area contributed by atoms with Gasteiger partial charge in [0.05, 0.1) is 0 Å². The average Bonchev–Trinajstić information content (AvgIpc) is 1.63. The SMILES string of the molecule is CC(Cl)OC(C)OC=O. The van der Waals surface area contributed by atoms with Crippen molar-refractivity contribution in [2.75, 3.05) is 0 Å². The lowest BCUT2D eigenvalue weighted by Crippen LogP contribution is -2.15. The van der Waals surface area contributed by atoms with Gasteiger partial charge in [0, 0.05) is 0 Å². The summed E-state index contributed by atoms with van der Waals surface area (Å²) in [5.74, 6) is 0. The number of rotatable bonds is 4. The standard InChI is InChI=1S/C5H9ClO3/c1-4(6)9-5(2)8-3-7/h3-5H,1-2H3. The summed E-state index contributed by atoms with van der Waals surface area (Å²) in [7, 11) is 0. The lowest BCUT2D eigenvalue weighted by molar-refractivity contribution is -0.161. The number of hydrogen-bond donors (Lipinski definition) is 0. The zero-order valence-electron chi connectivity index (χ0n) is 5.33. The van der Waals surface area contributed by atoms with Crippen LogP contribution in [0.5, 0.6) is 0 Å². The summed E-state index contributed by atoms with van der Waals surface area (Å²) < 4.78 is 9.17. The highest BCUT2D eigenvalue weighted by Gasteiger charge is 2.03. The monoisotopic (exact) mass is 152 g/mol. The molecule has 9 heavy (non-hydrogen) atoms. The first kappa shape index (κ1) is 8.72. The van der Waals surface area contributed by atoms with E-state index in [0.717, 1.165) is 0 Å². The summed E-state index contributed by atoms with van der Waals surface area (Å²) in [6.07, 6.45) is -0.560. The Kier molecular flexibility index (Phi) is 4.44. The first-order valence-corrected chi connectivity index (χ1v) is 2.99. The largest absolute Gasteiger partial charge is 0.438 e. The van der Waals surface area contributed by atoms with Gasteiger partial charge in [0.1, 0.15) is 5.56 Å². The van der Waals surface area contributed by atoms with E-state index in [1.165, 1.54) is 0 Å². The Morgan fingerprint density at radius 1 is 1.56 bits per heavy atom. The highest BCUT2D eigenvalue weighted by atomic mass is 35.5. The molecule has 0 amide bonds. The zero-order valence-corrected chi connectivity index (χ0v) is 6.09. The molecule has 2 unspecified atom stereocenters. The molecule has 0 radical (unpaired) electrons. The summed E-state index contributed by atoms with van der Waals surface area (Å²) in [4.78, 5) is 9.65. The van der Waals surface area contributed by atoms with Crippen LogP contribution in [0.2, 0.25) is 0 Å². The fourth-order valence-corrected chi connectivity index (χ4v) is 0.519. The van der Waals surface area contributed by atoms with Crippen molar-refractivity contribution < 1.29 is 14.3 Å². The minimum Gasteiger partial charge on any atom is -0.438 e. The molecule has 0 heterocycles. The average molecular weight is 153 g/mol. The molecule has 0 aromatic heterocycles. The van der Waals surface area contributed by atoms with Gasteiger partial charge in [0.25, 0.3) is 6.47 Å². The lowest BCUT2D eigenvalue weighted by atomic mass is 10.7. The number of carbonyl (C=O) groups is 1. The van der Waals surface area contributed by atoms with Crippen molar-refractivity contribution in [1.29, 1.82) is 0 Å². The van der Waals surface area contributed by atoms with Gasteiger partial charge >= 0.3 is 0 Å². The maximum atomic E-state index is 9.65.